The number of amides is 1. The van der Waals surface area contributed by atoms with Crippen LogP contribution in [0.3, 0.4) is 0 Å². The minimum atomic E-state index is -3.84. The summed E-state index contributed by atoms with van der Waals surface area (Å²) >= 11 is 5.57. The van der Waals surface area contributed by atoms with Crippen molar-refractivity contribution < 1.29 is 18.3 Å². The smallest absolute Gasteiger partial charge is 0.423 e. The first-order chi connectivity index (χ1) is 6.49. The number of carbonyl (C=O) groups excluding carboxylic acids is 1. The molecule has 1 aliphatic heterocycles. The van der Waals surface area contributed by atoms with Crippen molar-refractivity contribution in [1.29, 1.82) is 0 Å². The van der Waals surface area contributed by atoms with Crippen molar-refractivity contribution >= 4 is 23.2 Å². The first kappa shape index (κ1) is 9.21. The van der Waals surface area contributed by atoms with Crippen molar-refractivity contribution in [3.8, 4) is 5.75 Å². The summed E-state index contributed by atoms with van der Waals surface area (Å²) in [5.41, 5.74) is 0.185. The lowest BCUT2D eigenvalue weighted by molar-refractivity contribution is -0.189. The zero-order valence-electron chi connectivity index (χ0n) is 6.68. The highest BCUT2D eigenvalue weighted by Gasteiger charge is 2.46. The number of rotatable bonds is 0. The molecular weight excluding hydrogens is 216 g/mol. The predicted molar refractivity (Wildman–Crippen MR) is 45.7 cm³/mol. The second-order valence-electron chi connectivity index (χ2n) is 2.71. The van der Waals surface area contributed by atoms with Gasteiger partial charge >= 0.3 is 12.0 Å². The number of hydrogen-bond donors (Lipinski definition) is 1. The molecule has 2 rings (SSSR count). The average Bonchev–Trinajstić information content (AvgIpc) is 2.07. The average molecular weight is 220 g/mol. The van der Waals surface area contributed by atoms with E-state index in [2.05, 4.69) is 4.74 Å². The molecule has 0 aromatic heterocycles. The maximum Gasteiger partial charge on any atom is 0.482 e. The van der Waals surface area contributed by atoms with Crippen LogP contribution in [0.25, 0.3) is 0 Å². The van der Waals surface area contributed by atoms with Crippen molar-refractivity contribution in [1.82, 2.24) is 0 Å². The summed E-state index contributed by atoms with van der Waals surface area (Å²) in [6.07, 6.45) is -3.84. The van der Waals surface area contributed by atoms with Crippen LogP contribution in [0.1, 0.15) is 0 Å². The topological polar surface area (TPSA) is 38.3 Å². The van der Waals surface area contributed by atoms with Gasteiger partial charge < -0.3 is 10.1 Å². The molecule has 0 saturated heterocycles. The van der Waals surface area contributed by atoms with E-state index in [1.165, 1.54) is 18.2 Å². The van der Waals surface area contributed by atoms with Crippen molar-refractivity contribution in [2.24, 2.45) is 0 Å². The van der Waals surface area contributed by atoms with E-state index in [4.69, 9.17) is 11.6 Å². The van der Waals surface area contributed by atoms with Crippen LogP contribution in [0.2, 0.25) is 5.02 Å². The Hall–Kier alpha value is -1.36. The van der Waals surface area contributed by atoms with Gasteiger partial charge in [-0.15, -0.1) is 0 Å². The van der Waals surface area contributed by atoms with Crippen molar-refractivity contribution in [3.63, 3.8) is 0 Å². The van der Waals surface area contributed by atoms with E-state index in [1.54, 1.807) is 0 Å². The molecule has 1 N–H and O–H groups in total. The van der Waals surface area contributed by atoms with Gasteiger partial charge in [0.2, 0.25) is 0 Å². The Labute approximate surface area is 82.6 Å². The maximum atomic E-state index is 12.7. The molecule has 1 aliphatic rings. The molecule has 3 nitrogen and oxygen atoms in total. The van der Waals surface area contributed by atoms with Crippen LogP contribution < -0.4 is 10.1 Å². The largest absolute Gasteiger partial charge is 0.482 e. The number of anilines is 1. The molecule has 1 aromatic carbocycles. The van der Waals surface area contributed by atoms with Crippen LogP contribution in [0.4, 0.5) is 14.5 Å². The van der Waals surface area contributed by atoms with E-state index in [-0.39, 0.29) is 16.5 Å². The highest BCUT2D eigenvalue weighted by atomic mass is 35.5. The number of ether oxygens (including phenoxy) is 1. The van der Waals surface area contributed by atoms with Crippen LogP contribution in [0.15, 0.2) is 18.2 Å². The minimum Gasteiger partial charge on any atom is -0.423 e. The summed E-state index contributed by atoms with van der Waals surface area (Å²) in [5.74, 6) is -1.62. The normalized spacial score (nSPS) is 18.1. The molecule has 14 heavy (non-hydrogen) atoms. The predicted octanol–water partition coefficient (Wildman–Crippen LogP) is 2.26. The second-order valence-corrected chi connectivity index (χ2v) is 3.15. The van der Waals surface area contributed by atoms with Gasteiger partial charge in [-0.2, -0.15) is 8.78 Å². The standard InChI is InChI=1S/C8H4ClF2NO2/c9-4-1-2-5-6(3-4)14-8(10,11)7(13)12-5/h1-3H,(H,12,13). The Morgan fingerprint density at radius 2 is 2.14 bits per heavy atom. The molecule has 0 spiro atoms. The third kappa shape index (κ3) is 1.39. The molecule has 0 atom stereocenters. The molecule has 1 aromatic rings. The first-order valence-electron chi connectivity index (χ1n) is 3.67. The summed E-state index contributed by atoms with van der Waals surface area (Å²) in [5, 5.41) is 2.26. The highest BCUT2D eigenvalue weighted by molar-refractivity contribution is 6.30. The first-order valence-corrected chi connectivity index (χ1v) is 4.05. The Balaban J connectivity index is 2.46. The molecule has 0 fully saturated rings. The van der Waals surface area contributed by atoms with E-state index in [9.17, 15) is 13.6 Å². The van der Waals surface area contributed by atoms with E-state index in [0.29, 0.717) is 0 Å². The lowest BCUT2D eigenvalue weighted by Gasteiger charge is -2.24. The number of hydrogen-bond acceptors (Lipinski definition) is 2. The molecule has 0 bridgehead atoms. The van der Waals surface area contributed by atoms with Crippen LogP contribution in [-0.2, 0) is 4.79 Å². The van der Waals surface area contributed by atoms with Crippen LogP contribution in [0.5, 0.6) is 5.75 Å². The second kappa shape index (κ2) is 2.81. The zero-order chi connectivity index (χ0) is 10.3. The van der Waals surface area contributed by atoms with Gasteiger partial charge in [0.15, 0.2) is 5.75 Å². The SMILES string of the molecule is O=C1Nc2ccc(Cl)cc2OC1(F)F. The van der Waals surface area contributed by atoms with Crippen LogP contribution in [-0.4, -0.2) is 12.0 Å². The van der Waals surface area contributed by atoms with Gasteiger partial charge in [0.05, 0.1) is 5.69 Å². The molecule has 0 radical (unpaired) electrons. The molecular formula is C8H4ClF2NO2. The van der Waals surface area contributed by atoms with Gasteiger partial charge in [0.1, 0.15) is 0 Å². The van der Waals surface area contributed by atoms with E-state index in [0.717, 1.165) is 0 Å². The minimum absolute atomic E-state index is 0.137. The molecule has 0 aliphatic carbocycles. The quantitative estimate of drug-likeness (QED) is 0.727. The highest BCUT2D eigenvalue weighted by Crippen LogP contribution is 2.36. The number of carbonyl (C=O) groups is 1. The third-order valence-electron chi connectivity index (χ3n) is 1.69. The van der Waals surface area contributed by atoms with Crippen LogP contribution in [0, 0.1) is 0 Å². The van der Waals surface area contributed by atoms with Gasteiger partial charge in [0, 0.05) is 11.1 Å². The number of fused-ring (bicyclic) bond motifs is 1. The zero-order valence-corrected chi connectivity index (χ0v) is 7.44. The molecule has 74 valence electrons. The summed E-state index contributed by atoms with van der Waals surface area (Å²) < 4.78 is 29.6. The number of benzene rings is 1. The van der Waals surface area contributed by atoms with E-state index in [1.807, 2.05) is 5.32 Å². The van der Waals surface area contributed by atoms with Gasteiger partial charge in [-0.05, 0) is 12.1 Å². The van der Waals surface area contributed by atoms with Crippen molar-refractivity contribution in [2.45, 2.75) is 6.11 Å². The fourth-order valence-electron chi connectivity index (χ4n) is 1.06. The number of halogens is 3. The summed E-state index contributed by atoms with van der Waals surface area (Å²) in [4.78, 5) is 10.7. The summed E-state index contributed by atoms with van der Waals surface area (Å²) in [6, 6.07) is 4.07. The molecule has 1 heterocycles. The maximum absolute atomic E-state index is 12.7. The Kier molecular flexibility index (Phi) is 1.85. The van der Waals surface area contributed by atoms with Crippen molar-refractivity contribution in [3.05, 3.63) is 23.2 Å². The summed E-state index contributed by atoms with van der Waals surface area (Å²) in [6.45, 7) is 0. The van der Waals surface area contributed by atoms with E-state index >= 15 is 0 Å². The van der Waals surface area contributed by atoms with Gasteiger partial charge in [-0.1, -0.05) is 11.6 Å². The van der Waals surface area contributed by atoms with Gasteiger partial charge in [-0.25, -0.2) is 0 Å². The third-order valence-corrected chi connectivity index (χ3v) is 1.93. The fraction of sp³-hybridized carbons (Fsp3) is 0.125. The van der Waals surface area contributed by atoms with Gasteiger partial charge in [-0.3, -0.25) is 4.79 Å². The monoisotopic (exact) mass is 219 g/mol. The Bertz CT molecular complexity index is 408. The Morgan fingerprint density at radius 3 is 2.86 bits per heavy atom. The van der Waals surface area contributed by atoms with Crippen molar-refractivity contribution in [2.75, 3.05) is 5.32 Å². The molecule has 0 unspecified atom stereocenters. The van der Waals surface area contributed by atoms with Gasteiger partial charge in [0.25, 0.3) is 0 Å². The number of alkyl halides is 2. The fourth-order valence-corrected chi connectivity index (χ4v) is 1.23. The number of nitrogens with one attached hydrogen (secondary N) is 1. The summed E-state index contributed by atoms with van der Waals surface area (Å²) in [7, 11) is 0. The molecule has 0 saturated carbocycles. The lowest BCUT2D eigenvalue weighted by Crippen LogP contribution is -2.43. The van der Waals surface area contributed by atoms with Crippen LogP contribution >= 0.6 is 11.6 Å². The molecule has 1 amide bonds. The Morgan fingerprint density at radius 1 is 1.43 bits per heavy atom. The lowest BCUT2D eigenvalue weighted by atomic mass is 10.2. The molecule has 6 heteroatoms. The van der Waals surface area contributed by atoms with E-state index < -0.39 is 12.0 Å².